The standard InChI is InChI=1S/C14H22N2O3S/c1-5-19-12(17)14(3,4)11-9-20-13(15-11)16-6-7-18-8-10(16)2/h9-10H,5-8H2,1-4H3. The lowest BCUT2D eigenvalue weighted by Gasteiger charge is -2.33. The van der Waals surface area contributed by atoms with Crippen LogP contribution in [0.15, 0.2) is 5.38 Å². The highest BCUT2D eigenvalue weighted by Gasteiger charge is 2.35. The van der Waals surface area contributed by atoms with E-state index in [-0.39, 0.29) is 5.97 Å². The van der Waals surface area contributed by atoms with Gasteiger partial charge >= 0.3 is 5.97 Å². The van der Waals surface area contributed by atoms with Crippen molar-refractivity contribution in [2.75, 3.05) is 31.3 Å². The Hall–Kier alpha value is -1.14. The minimum atomic E-state index is -0.708. The summed E-state index contributed by atoms with van der Waals surface area (Å²) in [5.41, 5.74) is 0.0648. The van der Waals surface area contributed by atoms with Gasteiger partial charge in [0, 0.05) is 11.9 Å². The van der Waals surface area contributed by atoms with Gasteiger partial charge in [0.1, 0.15) is 5.41 Å². The Morgan fingerprint density at radius 3 is 3.05 bits per heavy atom. The van der Waals surface area contributed by atoms with Crippen LogP contribution in [-0.2, 0) is 19.7 Å². The second-order valence-electron chi connectivity index (χ2n) is 5.48. The molecule has 0 spiro atoms. The summed E-state index contributed by atoms with van der Waals surface area (Å²) in [5.74, 6) is -0.230. The second-order valence-corrected chi connectivity index (χ2v) is 6.31. The molecule has 2 rings (SSSR count). The zero-order chi connectivity index (χ0) is 14.8. The third kappa shape index (κ3) is 2.96. The van der Waals surface area contributed by atoms with Crippen molar-refractivity contribution in [2.45, 2.75) is 39.2 Å². The lowest BCUT2D eigenvalue weighted by atomic mass is 9.90. The number of thiazole rings is 1. The summed E-state index contributed by atoms with van der Waals surface area (Å²) in [6.45, 7) is 10.3. The maximum atomic E-state index is 12.0. The number of carbonyl (C=O) groups is 1. The number of nitrogens with zero attached hydrogens (tertiary/aromatic N) is 2. The van der Waals surface area contributed by atoms with E-state index in [0.717, 1.165) is 30.6 Å². The molecule has 0 bridgehead atoms. The van der Waals surface area contributed by atoms with Crippen molar-refractivity contribution < 1.29 is 14.3 Å². The monoisotopic (exact) mass is 298 g/mol. The van der Waals surface area contributed by atoms with E-state index in [2.05, 4.69) is 16.8 Å². The van der Waals surface area contributed by atoms with Gasteiger partial charge in [0.15, 0.2) is 5.13 Å². The van der Waals surface area contributed by atoms with E-state index in [1.807, 2.05) is 26.2 Å². The number of hydrogen-bond acceptors (Lipinski definition) is 6. The Morgan fingerprint density at radius 2 is 2.40 bits per heavy atom. The highest BCUT2D eigenvalue weighted by atomic mass is 32.1. The van der Waals surface area contributed by atoms with E-state index in [0.29, 0.717) is 12.6 Å². The summed E-state index contributed by atoms with van der Waals surface area (Å²) >= 11 is 1.57. The van der Waals surface area contributed by atoms with Crippen LogP contribution in [0.4, 0.5) is 5.13 Å². The first-order chi connectivity index (χ1) is 9.46. The summed E-state index contributed by atoms with van der Waals surface area (Å²) < 4.78 is 10.6. The van der Waals surface area contributed by atoms with Crippen molar-refractivity contribution in [3.63, 3.8) is 0 Å². The first-order valence-corrected chi connectivity index (χ1v) is 7.82. The lowest BCUT2D eigenvalue weighted by molar-refractivity contribution is -0.148. The molecule has 1 aromatic heterocycles. The Balaban J connectivity index is 2.17. The van der Waals surface area contributed by atoms with Crippen molar-refractivity contribution in [3.05, 3.63) is 11.1 Å². The summed E-state index contributed by atoms with van der Waals surface area (Å²) in [6, 6.07) is 0.313. The van der Waals surface area contributed by atoms with Crippen molar-refractivity contribution in [1.82, 2.24) is 4.98 Å². The van der Waals surface area contributed by atoms with Crippen molar-refractivity contribution in [2.24, 2.45) is 0 Å². The Bertz CT molecular complexity index is 473. The summed E-state index contributed by atoms with van der Waals surface area (Å²) in [5, 5.41) is 2.90. The van der Waals surface area contributed by atoms with Crippen LogP contribution < -0.4 is 4.90 Å². The Labute approximate surface area is 123 Å². The number of esters is 1. The van der Waals surface area contributed by atoms with Crippen molar-refractivity contribution >= 4 is 22.4 Å². The number of anilines is 1. The van der Waals surface area contributed by atoms with Crippen molar-refractivity contribution in [3.8, 4) is 0 Å². The maximum Gasteiger partial charge on any atom is 0.317 e. The molecule has 2 heterocycles. The lowest BCUT2D eigenvalue weighted by Crippen LogP contribution is -2.43. The molecule has 5 nitrogen and oxygen atoms in total. The molecule has 1 aromatic rings. The van der Waals surface area contributed by atoms with E-state index in [9.17, 15) is 4.79 Å². The van der Waals surface area contributed by atoms with Gasteiger partial charge in [0.2, 0.25) is 0 Å². The average Bonchev–Trinajstić information content (AvgIpc) is 2.89. The molecular formula is C14H22N2O3S. The largest absolute Gasteiger partial charge is 0.465 e. The van der Waals surface area contributed by atoms with Crippen LogP contribution in [0.2, 0.25) is 0 Å². The number of rotatable bonds is 4. The van der Waals surface area contributed by atoms with E-state index >= 15 is 0 Å². The van der Waals surface area contributed by atoms with Gasteiger partial charge in [0.25, 0.3) is 0 Å². The third-order valence-electron chi connectivity index (χ3n) is 3.53. The highest BCUT2D eigenvalue weighted by molar-refractivity contribution is 7.13. The fourth-order valence-corrected chi connectivity index (χ4v) is 3.23. The average molecular weight is 298 g/mol. The van der Waals surface area contributed by atoms with Gasteiger partial charge in [-0.3, -0.25) is 4.79 Å². The fourth-order valence-electron chi connectivity index (χ4n) is 2.11. The van der Waals surface area contributed by atoms with E-state index in [1.54, 1.807) is 11.3 Å². The predicted molar refractivity (Wildman–Crippen MR) is 79.4 cm³/mol. The third-order valence-corrected chi connectivity index (χ3v) is 4.41. The van der Waals surface area contributed by atoms with Gasteiger partial charge in [-0.25, -0.2) is 4.98 Å². The molecule has 0 saturated carbocycles. The van der Waals surface area contributed by atoms with Crippen LogP contribution in [-0.4, -0.2) is 43.4 Å². The molecule has 0 radical (unpaired) electrons. The quantitative estimate of drug-likeness (QED) is 0.798. The highest BCUT2D eigenvalue weighted by Crippen LogP contribution is 2.31. The number of ether oxygens (including phenoxy) is 2. The molecule has 1 fully saturated rings. The van der Waals surface area contributed by atoms with Crippen LogP contribution in [0, 0.1) is 0 Å². The molecule has 0 N–H and O–H groups in total. The Morgan fingerprint density at radius 1 is 1.65 bits per heavy atom. The number of hydrogen-bond donors (Lipinski definition) is 0. The molecule has 1 aliphatic rings. The minimum Gasteiger partial charge on any atom is -0.465 e. The van der Waals surface area contributed by atoms with E-state index in [1.165, 1.54) is 0 Å². The van der Waals surface area contributed by atoms with Gasteiger partial charge in [-0.05, 0) is 27.7 Å². The number of aromatic nitrogens is 1. The van der Waals surface area contributed by atoms with Gasteiger partial charge in [-0.2, -0.15) is 0 Å². The molecule has 20 heavy (non-hydrogen) atoms. The maximum absolute atomic E-state index is 12.0. The molecule has 1 atom stereocenters. The minimum absolute atomic E-state index is 0.230. The zero-order valence-corrected chi connectivity index (χ0v) is 13.3. The fraction of sp³-hybridized carbons (Fsp3) is 0.714. The van der Waals surface area contributed by atoms with Crippen LogP contribution in [0.1, 0.15) is 33.4 Å². The number of carbonyl (C=O) groups excluding carboxylic acids is 1. The molecule has 1 saturated heterocycles. The molecule has 0 amide bonds. The molecule has 1 aliphatic heterocycles. The summed E-state index contributed by atoms with van der Waals surface area (Å²) in [7, 11) is 0. The molecule has 1 unspecified atom stereocenters. The zero-order valence-electron chi connectivity index (χ0n) is 12.5. The van der Waals surface area contributed by atoms with Crippen LogP contribution in [0.5, 0.6) is 0 Å². The smallest absolute Gasteiger partial charge is 0.317 e. The van der Waals surface area contributed by atoms with Gasteiger partial charge < -0.3 is 14.4 Å². The molecule has 0 aliphatic carbocycles. The summed E-state index contributed by atoms with van der Waals surface area (Å²) in [6.07, 6.45) is 0. The topological polar surface area (TPSA) is 51.7 Å². The SMILES string of the molecule is CCOC(=O)C(C)(C)c1csc(N2CCOCC2C)n1. The Kier molecular flexibility index (Phi) is 4.65. The van der Waals surface area contributed by atoms with E-state index < -0.39 is 5.41 Å². The predicted octanol–water partition coefficient (Wildman–Crippen LogP) is 2.21. The molecule has 0 aromatic carbocycles. The van der Waals surface area contributed by atoms with Crippen LogP contribution in [0.3, 0.4) is 0 Å². The normalized spacial score (nSPS) is 20.0. The number of morpholine rings is 1. The van der Waals surface area contributed by atoms with E-state index in [4.69, 9.17) is 9.47 Å². The first-order valence-electron chi connectivity index (χ1n) is 6.94. The van der Waals surface area contributed by atoms with Gasteiger partial charge in [-0.15, -0.1) is 11.3 Å². The second kappa shape index (κ2) is 6.10. The van der Waals surface area contributed by atoms with Crippen LogP contribution in [0.25, 0.3) is 0 Å². The summed E-state index contributed by atoms with van der Waals surface area (Å²) in [4.78, 5) is 18.9. The van der Waals surface area contributed by atoms with Gasteiger partial charge in [0.05, 0.1) is 31.6 Å². The first kappa shape index (κ1) is 15.3. The molecule has 6 heteroatoms. The van der Waals surface area contributed by atoms with Gasteiger partial charge in [-0.1, -0.05) is 0 Å². The van der Waals surface area contributed by atoms with Crippen LogP contribution >= 0.6 is 11.3 Å². The van der Waals surface area contributed by atoms with Crippen molar-refractivity contribution in [1.29, 1.82) is 0 Å². The molecular weight excluding hydrogens is 276 g/mol. The molecule has 112 valence electrons.